The summed E-state index contributed by atoms with van der Waals surface area (Å²) >= 11 is 3.44. The Morgan fingerprint density at radius 2 is 2.41 bits per heavy atom. The van der Waals surface area contributed by atoms with Gasteiger partial charge in [-0.2, -0.15) is 0 Å². The number of halogens is 1. The zero-order chi connectivity index (χ0) is 12.3. The van der Waals surface area contributed by atoms with Crippen molar-refractivity contribution in [3.8, 4) is 5.75 Å². The average molecular weight is 297 g/mol. The maximum Gasteiger partial charge on any atom is 0.331 e. The Morgan fingerprint density at radius 3 is 3.18 bits per heavy atom. The molecule has 4 heteroatoms. The third kappa shape index (κ3) is 2.69. The number of rotatable bonds is 2. The first-order valence-corrected chi connectivity index (χ1v) is 6.30. The van der Waals surface area contributed by atoms with E-state index >= 15 is 0 Å². The minimum Gasteiger partial charge on any atom is -0.491 e. The highest BCUT2D eigenvalue weighted by molar-refractivity contribution is 9.10. The van der Waals surface area contributed by atoms with E-state index in [0.29, 0.717) is 13.2 Å². The van der Waals surface area contributed by atoms with Gasteiger partial charge in [-0.1, -0.05) is 12.1 Å². The number of para-hydroxylation sites is 1. The number of ether oxygens (including phenoxy) is 2. The van der Waals surface area contributed by atoms with Gasteiger partial charge in [-0.05, 0) is 34.5 Å². The molecule has 0 amide bonds. The summed E-state index contributed by atoms with van der Waals surface area (Å²) < 4.78 is 11.4. The Labute approximate surface area is 109 Å². The minimum absolute atomic E-state index is 0.296. The van der Waals surface area contributed by atoms with Gasteiger partial charge in [0.25, 0.3) is 0 Å². The summed E-state index contributed by atoms with van der Waals surface area (Å²) in [7, 11) is 0. The first kappa shape index (κ1) is 12.2. The maximum atomic E-state index is 11.5. The molecule has 1 aromatic rings. The van der Waals surface area contributed by atoms with Gasteiger partial charge in [-0.3, -0.25) is 0 Å². The monoisotopic (exact) mass is 296 g/mol. The van der Waals surface area contributed by atoms with E-state index in [1.165, 1.54) is 0 Å². The molecule has 0 unspecified atom stereocenters. The molecule has 0 fully saturated rings. The Morgan fingerprint density at radius 1 is 1.59 bits per heavy atom. The number of esters is 1. The van der Waals surface area contributed by atoms with Crippen molar-refractivity contribution in [3.63, 3.8) is 0 Å². The molecular weight excluding hydrogens is 284 g/mol. The fourth-order valence-corrected chi connectivity index (χ4v) is 2.26. The summed E-state index contributed by atoms with van der Waals surface area (Å²) in [6, 6.07) is 5.80. The molecule has 1 heterocycles. The van der Waals surface area contributed by atoms with E-state index in [2.05, 4.69) is 15.9 Å². The quantitative estimate of drug-likeness (QED) is 0.621. The highest BCUT2D eigenvalue weighted by Gasteiger charge is 2.18. The molecule has 0 radical (unpaired) electrons. The molecule has 0 saturated heterocycles. The van der Waals surface area contributed by atoms with Gasteiger partial charge < -0.3 is 9.47 Å². The summed E-state index contributed by atoms with van der Waals surface area (Å²) in [5, 5.41) is 0. The van der Waals surface area contributed by atoms with Crippen molar-refractivity contribution in [2.45, 2.75) is 13.3 Å². The van der Waals surface area contributed by atoms with Crippen LogP contribution in [0, 0.1) is 0 Å². The lowest BCUT2D eigenvalue weighted by molar-refractivity contribution is -0.137. The van der Waals surface area contributed by atoms with Gasteiger partial charge in [0.15, 0.2) is 0 Å². The van der Waals surface area contributed by atoms with Crippen LogP contribution in [0.5, 0.6) is 5.75 Å². The Bertz CT molecular complexity index is 466. The first-order valence-electron chi connectivity index (χ1n) is 5.51. The van der Waals surface area contributed by atoms with E-state index in [0.717, 1.165) is 27.8 Å². The van der Waals surface area contributed by atoms with E-state index in [9.17, 15) is 4.79 Å². The summed E-state index contributed by atoms with van der Waals surface area (Å²) in [5.41, 5.74) is 1.92. The number of hydrogen-bond acceptors (Lipinski definition) is 3. The van der Waals surface area contributed by atoms with Crippen molar-refractivity contribution in [3.05, 3.63) is 34.3 Å². The molecule has 0 aliphatic carbocycles. The predicted octanol–water partition coefficient (Wildman–Crippen LogP) is 3.18. The number of hydrogen-bond donors (Lipinski definition) is 0. The number of benzene rings is 1. The van der Waals surface area contributed by atoms with Crippen LogP contribution in [0.3, 0.4) is 0 Å². The maximum absolute atomic E-state index is 11.5. The van der Waals surface area contributed by atoms with Gasteiger partial charge in [0.1, 0.15) is 5.75 Å². The van der Waals surface area contributed by atoms with Crippen molar-refractivity contribution in [1.82, 2.24) is 0 Å². The molecule has 90 valence electrons. The second-order valence-corrected chi connectivity index (χ2v) is 4.49. The smallest absolute Gasteiger partial charge is 0.331 e. The van der Waals surface area contributed by atoms with Gasteiger partial charge in [0.2, 0.25) is 0 Å². The lowest BCUT2D eigenvalue weighted by Gasteiger charge is -2.20. The van der Waals surface area contributed by atoms with Crippen LogP contribution in [-0.2, 0) is 9.53 Å². The number of carbonyl (C=O) groups is 1. The molecule has 1 aliphatic heterocycles. The molecule has 0 saturated carbocycles. The van der Waals surface area contributed by atoms with Crippen molar-refractivity contribution in [2.75, 3.05) is 13.2 Å². The molecule has 0 aromatic heterocycles. The van der Waals surface area contributed by atoms with E-state index in [1.807, 2.05) is 18.2 Å². The SMILES string of the molecule is CCOC(=O)/C=C1\CCOc2c(Br)cccc21. The fourth-order valence-electron chi connectivity index (χ4n) is 1.78. The summed E-state index contributed by atoms with van der Waals surface area (Å²) in [6.07, 6.45) is 2.28. The van der Waals surface area contributed by atoms with Crippen LogP contribution in [-0.4, -0.2) is 19.2 Å². The molecular formula is C13H13BrO3. The van der Waals surface area contributed by atoms with E-state index < -0.39 is 0 Å². The number of fused-ring (bicyclic) bond motifs is 1. The van der Waals surface area contributed by atoms with Gasteiger partial charge in [0, 0.05) is 18.1 Å². The van der Waals surface area contributed by atoms with Crippen LogP contribution in [0.15, 0.2) is 28.7 Å². The van der Waals surface area contributed by atoms with Crippen LogP contribution in [0.2, 0.25) is 0 Å². The Balaban J connectivity index is 2.35. The number of carbonyl (C=O) groups excluding carboxylic acids is 1. The molecule has 17 heavy (non-hydrogen) atoms. The van der Waals surface area contributed by atoms with Crippen LogP contribution < -0.4 is 4.74 Å². The summed E-state index contributed by atoms with van der Waals surface area (Å²) in [5.74, 6) is 0.504. The topological polar surface area (TPSA) is 35.5 Å². The third-order valence-corrected chi connectivity index (χ3v) is 3.13. The van der Waals surface area contributed by atoms with Crippen molar-refractivity contribution in [1.29, 1.82) is 0 Å². The zero-order valence-electron chi connectivity index (χ0n) is 9.53. The minimum atomic E-state index is -0.296. The predicted molar refractivity (Wildman–Crippen MR) is 68.9 cm³/mol. The van der Waals surface area contributed by atoms with E-state index in [-0.39, 0.29) is 5.97 Å². The lowest BCUT2D eigenvalue weighted by atomic mass is 9.99. The van der Waals surface area contributed by atoms with E-state index in [4.69, 9.17) is 9.47 Å². The standard InChI is InChI=1S/C13H13BrO3/c1-2-16-12(15)8-9-6-7-17-13-10(9)4-3-5-11(13)14/h3-5,8H,2,6-7H2,1H3/b9-8+. The first-order chi connectivity index (χ1) is 8.22. The van der Waals surface area contributed by atoms with Gasteiger partial charge >= 0.3 is 5.97 Å². The molecule has 1 aromatic carbocycles. The van der Waals surface area contributed by atoms with Crippen LogP contribution in [0.1, 0.15) is 18.9 Å². The van der Waals surface area contributed by atoms with E-state index in [1.54, 1.807) is 13.0 Å². The van der Waals surface area contributed by atoms with Crippen molar-refractivity contribution >= 4 is 27.5 Å². The molecule has 0 N–H and O–H groups in total. The Kier molecular flexibility index (Phi) is 3.84. The normalized spacial score (nSPS) is 16.2. The lowest BCUT2D eigenvalue weighted by Crippen LogP contribution is -2.10. The van der Waals surface area contributed by atoms with Crippen molar-refractivity contribution < 1.29 is 14.3 Å². The molecule has 0 spiro atoms. The largest absolute Gasteiger partial charge is 0.491 e. The summed E-state index contributed by atoms with van der Waals surface area (Å²) in [6.45, 7) is 2.77. The van der Waals surface area contributed by atoms with Crippen LogP contribution in [0.4, 0.5) is 0 Å². The fraction of sp³-hybridized carbons (Fsp3) is 0.308. The third-order valence-electron chi connectivity index (χ3n) is 2.51. The van der Waals surface area contributed by atoms with Gasteiger partial charge in [-0.15, -0.1) is 0 Å². The average Bonchev–Trinajstić information content (AvgIpc) is 2.31. The Hall–Kier alpha value is -1.29. The van der Waals surface area contributed by atoms with Crippen molar-refractivity contribution in [2.24, 2.45) is 0 Å². The second kappa shape index (κ2) is 5.36. The molecule has 0 bridgehead atoms. The second-order valence-electron chi connectivity index (χ2n) is 3.64. The van der Waals surface area contributed by atoms with Crippen LogP contribution >= 0.6 is 15.9 Å². The van der Waals surface area contributed by atoms with Gasteiger partial charge in [-0.25, -0.2) is 4.79 Å². The molecule has 0 atom stereocenters. The zero-order valence-corrected chi connectivity index (χ0v) is 11.1. The molecule has 3 nitrogen and oxygen atoms in total. The summed E-state index contributed by atoms with van der Waals surface area (Å²) in [4.78, 5) is 11.5. The van der Waals surface area contributed by atoms with Gasteiger partial charge in [0.05, 0.1) is 17.7 Å². The molecule has 1 aliphatic rings. The molecule has 2 rings (SSSR count). The van der Waals surface area contributed by atoms with Crippen LogP contribution in [0.25, 0.3) is 5.57 Å². The highest BCUT2D eigenvalue weighted by atomic mass is 79.9. The highest BCUT2D eigenvalue weighted by Crippen LogP contribution is 2.38.